The van der Waals surface area contributed by atoms with E-state index in [9.17, 15) is 0 Å². The number of nitrogens with one attached hydrogen (secondary N) is 1. The first kappa shape index (κ1) is 11.0. The highest BCUT2D eigenvalue weighted by Crippen LogP contribution is 2.17. The lowest BCUT2D eigenvalue weighted by molar-refractivity contribution is 0.209. The number of likely N-dealkylation sites (N-methyl/N-ethyl adjacent to an activating group) is 1. The Kier molecular flexibility index (Phi) is 4.74. The van der Waals surface area contributed by atoms with Crippen LogP contribution in [0.15, 0.2) is 0 Å². The van der Waals surface area contributed by atoms with E-state index in [2.05, 4.69) is 31.0 Å². The van der Waals surface area contributed by atoms with Crippen LogP contribution in [0.5, 0.6) is 0 Å². The third kappa shape index (κ3) is 3.28. The first-order chi connectivity index (χ1) is 6.27. The lowest BCUT2D eigenvalue weighted by atomic mass is 9.93. The Morgan fingerprint density at radius 3 is 2.31 bits per heavy atom. The van der Waals surface area contributed by atoms with Crippen LogP contribution in [0.3, 0.4) is 0 Å². The van der Waals surface area contributed by atoms with Crippen molar-refractivity contribution in [2.24, 2.45) is 0 Å². The van der Waals surface area contributed by atoms with E-state index in [1.54, 1.807) is 0 Å². The second-order valence-corrected chi connectivity index (χ2v) is 4.11. The van der Waals surface area contributed by atoms with E-state index in [0.717, 1.165) is 12.6 Å². The standard InChI is InChI=1S/C11H24N2/c1-4-13(5-2)10(3)9-12-11-7-6-8-11/h10-12H,4-9H2,1-3H3. The Balaban J connectivity index is 2.10. The molecule has 1 N–H and O–H groups in total. The van der Waals surface area contributed by atoms with Gasteiger partial charge in [0, 0.05) is 18.6 Å². The fourth-order valence-electron chi connectivity index (χ4n) is 1.93. The smallest absolute Gasteiger partial charge is 0.0192 e. The van der Waals surface area contributed by atoms with Gasteiger partial charge in [0.25, 0.3) is 0 Å². The summed E-state index contributed by atoms with van der Waals surface area (Å²) in [4.78, 5) is 2.51. The maximum absolute atomic E-state index is 3.63. The van der Waals surface area contributed by atoms with E-state index in [1.165, 1.54) is 32.4 Å². The molecule has 0 spiro atoms. The average Bonchev–Trinajstić information content (AvgIpc) is 2.04. The van der Waals surface area contributed by atoms with Crippen LogP contribution in [-0.2, 0) is 0 Å². The van der Waals surface area contributed by atoms with Crippen molar-refractivity contribution < 1.29 is 0 Å². The van der Waals surface area contributed by atoms with E-state index in [0.29, 0.717) is 6.04 Å². The number of hydrogen-bond acceptors (Lipinski definition) is 2. The second kappa shape index (κ2) is 5.61. The zero-order chi connectivity index (χ0) is 9.68. The summed E-state index contributed by atoms with van der Waals surface area (Å²) in [7, 11) is 0. The Bertz CT molecular complexity index is 128. The molecule has 0 aromatic rings. The van der Waals surface area contributed by atoms with Crippen LogP contribution in [0.4, 0.5) is 0 Å². The van der Waals surface area contributed by atoms with Gasteiger partial charge in [-0.1, -0.05) is 20.3 Å². The SMILES string of the molecule is CCN(CC)C(C)CNC1CCC1. The molecule has 0 radical (unpaired) electrons. The van der Waals surface area contributed by atoms with E-state index < -0.39 is 0 Å². The van der Waals surface area contributed by atoms with Crippen molar-refractivity contribution in [3.05, 3.63) is 0 Å². The quantitative estimate of drug-likeness (QED) is 0.678. The van der Waals surface area contributed by atoms with Crippen LogP contribution in [-0.4, -0.2) is 36.6 Å². The summed E-state index contributed by atoms with van der Waals surface area (Å²) in [6.07, 6.45) is 4.22. The topological polar surface area (TPSA) is 15.3 Å². The predicted octanol–water partition coefficient (Wildman–Crippen LogP) is 1.86. The summed E-state index contributed by atoms with van der Waals surface area (Å²) < 4.78 is 0. The van der Waals surface area contributed by atoms with Gasteiger partial charge in [-0.2, -0.15) is 0 Å². The third-order valence-corrected chi connectivity index (χ3v) is 3.24. The molecular formula is C11H24N2. The monoisotopic (exact) mass is 184 g/mol. The fraction of sp³-hybridized carbons (Fsp3) is 1.00. The highest BCUT2D eigenvalue weighted by molar-refractivity contribution is 4.78. The summed E-state index contributed by atoms with van der Waals surface area (Å²) in [5, 5.41) is 3.63. The van der Waals surface area contributed by atoms with Gasteiger partial charge in [0.05, 0.1) is 0 Å². The fourth-order valence-corrected chi connectivity index (χ4v) is 1.93. The van der Waals surface area contributed by atoms with Crippen molar-refractivity contribution in [2.75, 3.05) is 19.6 Å². The van der Waals surface area contributed by atoms with Crippen molar-refractivity contribution in [3.63, 3.8) is 0 Å². The summed E-state index contributed by atoms with van der Waals surface area (Å²) in [5.41, 5.74) is 0. The second-order valence-electron chi connectivity index (χ2n) is 4.11. The van der Waals surface area contributed by atoms with Gasteiger partial charge >= 0.3 is 0 Å². The Morgan fingerprint density at radius 1 is 1.31 bits per heavy atom. The first-order valence-electron chi connectivity index (χ1n) is 5.75. The van der Waals surface area contributed by atoms with E-state index in [4.69, 9.17) is 0 Å². The molecule has 0 saturated heterocycles. The molecule has 0 aromatic heterocycles. The van der Waals surface area contributed by atoms with Crippen molar-refractivity contribution >= 4 is 0 Å². The van der Waals surface area contributed by atoms with Crippen LogP contribution < -0.4 is 5.32 Å². The molecule has 1 atom stereocenters. The molecular weight excluding hydrogens is 160 g/mol. The molecule has 1 rings (SSSR count). The number of nitrogens with zero attached hydrogens (tertiary/aromatic N) is 1. The first-order valence-corrected chi connectivity index (χ1v) is 5.75. The molecule has 78 valence electrons. The summed E-state index contributed by atoms with van der Waals surface area (Å²) >= 11 is 0. The number of hydrogen-bond donors (Lipinski definition) is 1. The van der Waals surface area contributed by atoms with E-state index in [-0.39, 0.29) is 0 Å². The number of rotatable bonds is 6. The largest absolute Gasteiger partial charge is 0.312 e. The zero-order valence-corrected chi connectivity index (χ0v) is 9.34. The summed E-state index contributed by atoms with van der Waals surface area (Å²) in [5.74, 6) is 0. The predicted molar refractivity (Wildman–Crippen MR) is 58.0 cm³/mol. The molecule has 1 aliphatic rings. The van der Waals surface area contributed by atoms with Gasteiger partial charge in [0.2, 0.25) is 0 Å². The summed E-state index contributed by atoms with van der Waals surface area (Å²) in [6, 6.07) is 1.52. The van der Waals surface area contributed by atoms with Crippen molar-refractivity contribution in [3.8, 4) is 0 Å². The van der Waals surface area contributed by atoms with Crippen molar-refractivity contribution in [2.45, 2.75) is 52.1 Å². The molecule has 1 saturated carbocycles. The van der Waals surface area contributed by atoms with Gasteiger partial charge in [0.1, 0.15) is 0 Å². The van der Waals surface area contributed by atoms with Crippen LogP contribution in [0.2, 0.25) is 0 Å². The highest BCUT2D eigenvalue weighted by atomic mass is 15.2. The zero-order valence-electron chi connectivity index (χ0n) is 9.34. The lowest BCUT2D eigenvalue weighted by Crippen LogP contribution is -2.45. The molecule has 0 aliphatic heterocycles. The highest BCUT2D eigenvalue weighted by Gasteiger charge is 2.18. The minimum Gasteiger partial charge on any atom is -0.312 e. The molecule has 2 heteroatoms. The van der Waals surface area contributed by atoms with Crippen LogP contribution in [0.1, 0.15) is 40.0 Å². The maximum Gasteiger partial charge on any atom is 0.0192 e. The molecule has 0 aromatic carbocycles. The molecule has 13 heavy (non-hydrogen) atoms. The van der Waals surface area contributed by atoms with Gasteiger partial charge in [-0.25, -0.2) is 0 Å². The van der Waals surface area contributed by atoms with E-state index in [1.807, 2.05) is 0 Å². The molecule has 1 fully saturated rings. The van der Waals surface area contributed by atoms with Crippen LogP contribution >= 0.6 is 0 Å². The van der Waals surface area contributed by atoms with Gasteiger partial charge in [0.15, 0.2) is 0 Å². The van der Waals surface area contributed by atoms with Crippen LogP contribution in [0, 0.1) is 0 Å². The van der Waals surface area contributed by atoms with Crippen molar-refractivity contribution in [1.82, 2.24) is 10.2 Å². The molecule has 1 unspecified atom stereocenters. The van der Waals surface area contributed by atoms with Gasteiger partial charge in [-0.15, -0.1) is 0 Å². The minimum atomic E-state index is 0.690. The van der Waals surface area contributed by atoms with Crippen molar-refractivity contribution in [1.29, 1.82) is 0 Å². The minimum absolute atomic E-state index is 0.690. The Hall–Kier alpha value is -0.0800. The average molecular weight is 184 g/mol. The molecule has 1 aliphatic carbocycles. The molecule has 0 amide bonds. The van der Waals surface area contributed by atoms with Crippen LogP contribution in [0.25, 0.3) is 0 Å². The lowest BCUT2D eigenvalue weighted by Gasteiger charge is -2.32. The van der Waals surface area contributed by atoms with Gasteiger partial charge in [-0.3, -0.25) is 4.90 Å². The maximum atomic E-state index is 3.63. The van der Waals surface area contributed by atoms with Gasteiger partial charge < -0.3 is 5.32 Å². The molecule has 0 heterocycles. The Morgan fingerprint density at radius 2 is 1.92 bits per heavy atom. The molecule has 2 nitrogen and oxygen atoms in total. The summed E-state index contributed by atoms with van der Waals surface area (Å²) in [6.45, 7) is 10.3. The normalized spacial score (nSPS) is 20.3. The third-order valence-electron chi connectivity index (χ3n) is 3.24. The van der Waals surface area contributed by atoms with E-state index >= 15 is 0 Å². The Labute approximate surface area is 82.7 Å². The molecule has 0 bridgehead atoms. The van der Waals surface area contributed by atoms with Gasteiger partial charge in [-0.05, 0) is 32.9 Å².